The van der Waals surface area contributed by atoms with Crippen molar-refractivity contribution in [1.29, 1.82) is 0 Å². The van der Waals surface area contributed by atoms with E-state index in [1.54, 1.807) is 12.4 Å². The first kappa shape index (κ1) is 19.6. The topological polar surface area (TPSA) is 83.9 Å². The van der Waals surface area contributed by atoms with E-state index in [1.807, 2.05) is 42.6 Å². The normalized spacial score (nSPS) is 14.6. The molecule has 0 radical (unpaired) electrons. The number of pyridine rings is 2. The van der Waals surface area contributed by atoms with E-state index >= 15 is 0 Å². The highest BCUT2D eigenvalue weighted by atomic mass is 32.2. The molecule has 0 aliphatic carbocycles. The van der Waals surface area contributed by atoms with Crippen LogP contribution >= 0.6 is 0 Å². The minimum absolute atomic E-state index is 0.575. The van der Waals surface area contributed by atoms with Crippen LogP contribution in [0.4, 0.5) is 11.8 Å². The Morgan fingerprint density at radius 1 is 0.968 bits per heavy atom. The molecule has 0 unspecified atom stereocenters. The summed E-state index contributed by atoms with van der Waals surface area (Å²) in [5.41, 5.74) is 3.90. The molecule has 3 aromatic heterocycles. The monoisotopic (exact) mass is 430 g/mol. The standard InChI is InChI=1S/C23H22N6OS/c30-31-12-10-29(11-13-31)22-6-3-17(15-26-22)16-27-23-25-9-7-21(28-23)19-4-5-20-18(14-19)2-1-8-24-20/h1-9,14-15H,10-13,16H2,(H,25,27,28). The van der Waals surface area contributed by atoms with Crippen molar-refractivity contribution in [3.05, 3.63) is 72.7 Å². The minimum Gasteiger partial charge on any atom is -0.355 e. The molecular weight excluding hydrogens is 408 g/mol. The van der Waals surface area contributed by atoms with Gasteiger partial charge in [-0.2, -0.15) is 0 Å². The van der Waals surface area contributed by atoms with Crippen LogP contribution in [-0.4, -0.2) is 48.7 Å². The quantitative estimate of drug-likeness (QED) is 0.520. The zero-order valence-corrected chi connectivity index (χ0v) is 17.8. The molecule has 0 bridgehead atoms. The highest BCUT2D eigenvalue weighted by molar-refractivity contribution is 7.85. The van der Waals surface area contributed by atoms with Crippen LogP contribution in [0, 0.1) is 0 Å². The van der Waals surface area contributed by atoms with Crippen LogP contribution in [0.1, 0.15) is 5.56 Å². The van der Waals surface area contributed by atoms with E-state index in [2.05, 4.69) is 42.3 Å². The van der Waals surface area contributed by atoms with Crippen molar-refractivity contribution in [3.8, 4) is 11.3 Å². The van der Waals surface area contributed by atoms with Gasteiger partial charge in [0.1, 0.15) is 5.82 Å². The van der Waals surface area contributed by atoms with Gasteiger partial charge < -0.3 is 10.2 Å². The first-order valence-corrected chi connectivity index (χ1v) is 11.7. The molecule has 1 aromatic carbocycles. The number of hydrogen-bond donors (Lipinski definition) is 1. The van der Waals surface area contributed by atoms with Gasteiger partial charge >= 0.3 is 0 Å². The molecule has 0 saturated carbocycles. The minimum atomic E-state index is -0.683. The van der Waals surface area contributed by atoms with Gasteiger partial charge in [-0.15, -0.1) is 0 Å². The average Bonchev–Trinajstić information content (AvgIpc) is 2.83. The molecule has 5 rings (SSSR count). The Morgan fingerprint density at radius 2 is 1.87 bits per heavy atom. The van der Waals surface area contributed by atoms with Crippen LogP contribution in [0.15, 0.2) is 67.1 Å². The number of aromatic nitrogens is 4. The number of rotatable bonds is 5. The number of nitrogens with one attached hydrogen (secondary N) is 1. The second kappa shape index (κ2) is 8.77. The molecule has 1 N–H and O–H groups in total. The first-order chi connectivity index (χ1) is 15.2. The summed E-state index contributed by atoms with van der Waals surface area (Å²) in [6, 6.07) is 16.1. The van der Waals surface area contributed by atoms with Crippen molar-refractivity contribution in [2.75, 3.05) is 34.8 Å². The van der Waals surface area contributed by atoms with E-state index in [-0.39, 0.29) is 0 Å². The van der Waals surface area contributed by atoms with Crippen molar-refractivity contribution in [1.82, 2.24) is 19.9 Å². The molecule has 156 valence electrons. The lowest BCUT2D eigenvalue weighted by atomic mass is 10.1. The Morgan fingerprint density at radius 3 is 2.71 bits per heavy atom. The third-order valence-corrected chi connectivity index (χ3v) is 6.59. The summed E-state index contributed by atoms with van der Waals surface area (Å²) in [6.45, 7) is 2.17. The summed E-state index contributed by atoms with van der Waals surface area (Å²) < 4.78 is 11.5. The lowest BCUT2D eigenvalue weighted by molar-refractivity contribution is 0.672. The SMILES string of the molecule is O=S1CCN(c2ccc(CNc3nccc(-c4ccc5ncccc5c4)n3)cn2)CC1. The van der Waals surface area contributed by atoms with Gasteiger partial charge in [0, 0.05) is 71.5 Å². The highest BCUT2D eigenvalue weighted by Gasteiger charge is 2.16. The number of fused-ring (bicyclic) bond motifs is 1. The Bertz CT molecular complexity index is 1220. The molecule has 31 heavy (non-hydrogen) atoms. The third-order valence-electron chi connectivity index (χ3n) is 5.32. The predicted molar refractivity (Wildman–Crippen MR) is 124 cm³/mol. The van der Waals surface area contributed by atoms with Crippen LogP contribution in [0.25, 0.3) is 22.2 Å². The lowest BCUT2D eigenvalue weighted by Gasteiger charge is -2.27. The summed E-state index contributed by atoms with van der Waals surface area (Å²) in [6.07, 6.45) is 5.43. The number of nitrogens with zero attached hydrogens (tertiary/aromatic N) is 5. The van der Waals surface area contributed by atoms with E-state index in [4.69, 9.17) is 0 Å². The second-order valence-corrected chi connectivity index (χ2v) is 9.09. The molecule has 1 saturated heterocycles. The molecule has 1 fully saturated rings. The smallest absolute Gasteiger partial charge is 0.223 e. The van der Waals surface area contributed by atoms with Crippen molar-refractivity contribution >= 4 is 33.5 Å². The maximum absolute atomic E-state index is 11.5. The molecule has 4 heterocycles. The molecule has 7 nitrogen and oxygen atoms in total. The Balaban J connectivity index is 1.26. The Kier molecular flexibility index (Phi) is 5.54. The van der Waals surface area contributed by atoms with E-state index in [9.17, 15) is 4.21 Å². The van der Waals surface area contributed by atoms with Gasteiger partial charge in [0.15, 0.2) is 0 Å². The van der Waals surface area contributed by atoms with Crippen molar-refractivity contribution < 1.29 is 4.21 Å². The van der Waals surface area contributed by atoms with Gasteiger partial charge in [0.2, 0.25) is 5.95 Å². The van der Waals surface area contributed by atoms with Crippen molar-refractivity contribution in [2.45, 2.75) is 6.54 Å². The summed E-state index contributed by atoms with van der Waals surface area (Å²) in [7, 11) is -0.683. The number of hydrogen-bond acceptors (Lipinski definition) is 7. The summed E-state index contributed by atoms with van der Waals surface area (Å²) in [5, 5.41) is 4.37. The van der Waals surface area contributed by atoms with E-state index in [1.165, 1.54) is 0 Å². The number of benzene rings is 1. The van der Waals surface area contributed by atoms with Crippen LogP contribution in [0.2, 0.25) is 0 Å². The molecule has 0 spiro atoms. The van der Waals surface area contributed by atoms with Crippen LogP contribution in [0.5, 0.6) is 0 Å². The van der Waals surface area contributed by atoms with Crippen LogP contribution < -0.4 is 10.2 Å². The maximum Gasteiger partial charge on any atom is 0.223 e. The van der Waals surface area contributed by atoms with Crippen molar-refractivity contribution in [2.24, 2.45) is 0 Å². The zero-order valence-electron chi connectivity index (χ0n) is 16.9. The highest BCUT2D eigenvalue weighted by Crippen LogP contribution is 2.22. The maximum atomic E-state index is 11.5. The Labute approximate surface area is 183 Å². The predicted octanol–water partition coefficient (Wildman–Crippen LogP) is 3.27. The molecule has 1 aliphatic heterocycles. The average molecular weight is 431 g/mol. The summed E-state index contributed by atoms with van der Waals surface area (Å²) in [5.74, 6) is 2.94. The first-order valence-electron chi connectivity index (χ1n) is 10.2. The molecule has 0 amide bonds. The molecule has 8 heteroatoms. The molecule has 1 aliphatic rings. The fourth-order valence-corrected chi connectivity index (χ4v) is 4.65. The van der Waals surface area contributed by atoms with Gasteiger partial charge in [-0.3, -0.25) is 9.19 Å². The van der Waals surface area contributed by atoms with E-state index in [0.717, 1.165) is 46.6 Å². The fourth-order valence-electron chi connectivity index (χ4n) is 3.60. The fraction of sp³-hybridized carbons (Fsp3) is 0.217. The largest absolute Gasteiger partial charge is 0.355 e. The summed E-state index contributed by atoms with van der Waals surface area (Å²) >= 11 is 0. The third kappa shape index (κ3) is 4.54. The van der Waals surface area contributed by atoms with Gasteiger partial charge in [0.25, 0.3) is 0 Å². The molecule has 0 atom stereocenters. The van der Waals surface area contributed by atoms with E-state index in [0.29, 0.717) is 24.0 Å². The van der Waals surface area contributed by atoms with Gasteiger partial charge in [-0.05, 0) is 35.9 Å². The Hall–Kier alpha value is -3.39. The van der Waals surface area contributed by atoms with Crippen molar-refractivity contribution in [3.63, 3.8) is 0 Å². The van der Waals surface area contributed by atoms with Crippen LogP contribution in [-0.2, 0) is 17.3 Å². The second-order valence-electron chi connectivity index (χ2n) is 7.39. The van der Waals surface area contributed by atoms with E-state index < -0.39 is 10.8 Å². The molecule has 4 aromatic rings. The van der Waals surface area contributed by atoms with Gasteiger partial charge in [-0.25, -0.2) is 15.0 Å². The van der Waals surface area contributed by atoms with Crippen LogP contribution in [0.3, 0.4) is 0 Å². The van der Waals surface area contributed by atoms with Gasteiger partial charge in [-0.1, -0.05) is 18.2 Å². The van der Waals surface area contributed by atoms with Gasteiger partial charge in [0.05, 0.1) is 11.2 Å². The number of anilines is 2. The molecular formula is C23H22N6OS. The lowest BCUT2D eigenvalue weighted by Crippen LogP contribution is -2.38. The summed E-state index contributed by atoms with van der Waals surface area (Å²) in [4.78, 5) is 20.1. The zero-order chi connectivity index (χ0) is 21.0.